The zero-order chi connectivity index (χ0) is 25.8. The summed E-state index contributed by atoms with van der Waals surface area (Å²) < 4.78 is 13.6. The maximum atomic E-state index is 14.1. The average molecular weight is 520 g/mol. The van der Waals surface area contributed by atoms with Crippen molar-refractivity contribution in [1.29, 1.82) is 0 Å². The van der Waals surface area contributed by atoms with Gasteiger partial charge < -0.3 is 14.5 Å². The van der Waals surface area contributed by atoms with Crippen LogP contribution in [0.2, 0.25) is 0 Å². The highest BCUT2D eigenvalue weighted by Crippen LogP contribution is 2.42. The molecule has 7 heteroatoms. The van der Waals surface area contributed by atoms with Crippen molar-refractivity contribution in [3.8, 4) is 11.5 Å². The van der Waals surface area contributed by atoms with E-state index >= 15 is 0 Å². The van der Waals surface area contributed by atoms with E-state index in [4.69, 9.17) is 14.5 Å². The van der Waals surface area contributed by atoms with Gasteiger partial charge in [0.1, 0.15) is 0 Å². The monoisotopic (exact) mass is 519 g/mol. The molecule has 1 aliphatic carbocycles. The van der Waals surface area contributed by atoms with Crippen molar-refractivity contribution < 1.29 is 9.47 Å². The number of allylic oxidation sites excluding steroid dienone is 1. The number of nitrogens with zero attached hydrogens (tertiary/aromatic N) is 2. The Morgan fingerprint density at radius 2 is 1.82 bits per heavy atom. The number of ether oxygens (including phenoxy) is 2. The molecule has 3 aromatic carbocycles. The third-order valence-electron chi connectivity index (χ3n) is 7.50. The van der Waals surface area contributed by atoms with Gasteiger partial charge in [0, 0.05) is 28.2 Å². The lowest BCUT2D eigenvalue weighted by atomic mass is 9.83. The largest absolute Gasteiger partial charge is 0.493 e. The summed E-state index contributed by atoms with van der Waals surface area (Å²) >= 11 is 1.44. The molecule has 1 atom stereocenters. The number of hydrogen-bond acceptors (Lipinski definition) is 5. The lowest BCUT2D eigenvalue weighted by molar-refractivity contribution is 0.354. The number of methoxy groups -OCH3 is 2. The second kappa shape index (κ2) is 8.89. The summed E-state index contributed by atoms with van der Waals surface area (Å²) in [6, 6.07) is 22.2. The molecule has 0 radical (unpaired) electrons. The van der Waals surface area contributed by atoms with Gasteiger partial charge in [-0.05, 0) is 53.8 Å². The number of thiazole rings is 1. The number of H-pyrrole nitrogens is 1. The van der Waals surface area contributed by atoms with Gasteiger partial charge in [-0.25, -0.2) is 4.99 Å². The summed E-state index contributed by atoms with van der Waals surface area (Å²) in [7, 11) is 3.26. The molecule has 1 N–H and O–H groups in total. The zero-order valence-corrected chi connectivity index (χ0v) is 21.8. The quantitative estimate of drug-likeness (QED) is 0.370. The number of nitrogens with one attached hydrogen (secondary N) is 1. The molecule has 2 aromatic heterocycles. The van der Waals surface area contributed by atoms with Crippen LogP contribution in [0.4, 0.5) is 0 Å². The maximum absolute atomic E-state index is 14.1. The molecular weight excluding hydrogens is 494 g/mol. The van der Waals surface area contributed by atoms with Gasteiger partial charge in [0.05, 0.1) is 30.5 Å². The highest BCUT2D eigenvalue weighted by Gasteiger charge is 2.33. The summed E-state index contributed by atoms with van der Waals surface area (Å²) in [5.74, 6) is 1.30. The lowest BCUT2D eigenvalue weighted by Crippen LogP contribution is -2.38. The molecule has 0 saturated heterocycles. The smallest absolute Gasteiger partial charge is 0.271 e. The first kappa shape index (κ1) is 22.8. The maximum Gasteiger partial charge on any atom is 0.271 e. The van der Waals surface area contributed by atoms with Gasteiger partial charge in [-0.1, -0.05) is 59.9 Å². The second-order valence-corrected chi connectivity index (χ2v) is 10.5. The van der Waals surface area contributed by atoms with Gasteiger partial charge in [-0.2, -0.15) is 0 Å². The summed E-state index contributed by atoms with van der Waals surface area (Å²) in [4.78, 5) is 23.2. The Morgan fingerprint density at radius 3 is 2.68 bits per heavy atom. The van der Waals surface area contributed by atoms with Gasteiger partial charge >= 0.3 is 0 Å². The molecule has 7 rings (SSSR count). The van der Waals surface area contributed by atoms with E-state index in [0.717, 1.165) is 51.7 Å². The van der Waals surface area contributed by atoms with Crippen molar-refractivity contribution in [1.82, 2.24) is 9.55 Å². The average Bonchev–Trinajstić information content (AvgIpc) is 3.51. The van der Waals surface area contributed by atoms with Crippen LogP contribution >= 0.6 is 11.3 Å². The van der Waals surface area contributed by atoms with Crippen molar-refractivity contribution in [3.63, 3.8) is 0 Å². The van der Waals surface area contributed by atoms with E-state index in [1.807, 2.05) is 53.2 Å². The Kier molecular flexibility index (Phi) is 5.33. The summed E-state index contributed by atoms with van der Waals surface area (Å²) in [5.41, 5.74) is 7.54. The fourth-order valence-corrected chi connectivity index (χ4v) is 6.69. The van der Waals surface area contributed by atoms with E-state index < -0.39 is 0 Å². The number of benzene rings is 3. The summed E-state index contributed by atoms with van der Waals surface area (Å²) in [5, 5.41) is 1.09. The van der Waals surface area contributed by atoms with Gasteiger partial charge in [-0.15, -0.1) is 0 Å². The van der Waals surface area contributed by atoms with Crippen LogP contribution in [0.5, 0.6) is 11.5 Å². The molecule has 38 heavy (non-hydrogen) atoms. The molecule has 5 aromatic rings. The van der Waals surface area contributed by atoms with Gasteiger partial charge in [0.25, 0.3) is 5.56 Å². The van der Waals surface area contributed by atoms with Crippen molar-refractivity contribution >= 4 is 34.0 Å². The SMILES string of the molecule is COc1ccc([C@H]2C3=C(N=c4s/c(=C\c5c[nH]c6ccccc56)c(=O)n42)c2ccccc2CC3)cc1OC. The van der Waals surface area contributed by atoms with E-state index in [9.17, 15) is 4.79 Å². The minimum Gasteiger partial charge on any atom is -0.493 e. The van der Waals surface area contributed by atoms with Crippen LogP contribution in [0.25, 0.3) is 22.7 Å². The first-order valence-corrected chi connectivity index (χ1v) is 13.4. The van der Waals surface area contributed by atoms with Gasteiger partial charge in [-0.3, -0.25) is 9.36 Å². The Hall–Kier alpha value is -4.36. The van der Waals surface area contributed by atoms with Crippen LogP contribution in [0, 0.1) is 0 Å². The first-order chi connectivity index (χ1) is 18.7. The predicted octanol–water partition coefficient (Wildman–Crippen LogP) is 4.82. The standard InChI is InChI=1S/C31H25N3O3S/c1-36-25-14-12-19(15-26(25)37-2)29-23-13-11-18-7-3-4-9-22(18)28(23)33-31-34(29)30(35)27(38-31)16-20-17-32-24-10-6-5-8-21(20)24/h3-10,12,14-17,29,32H,11,13H2,1-2H3/b27-16-/t29-/m0/s1. The highest BCUT2D eigenvalue weighted by molar-refractivity contribution is 7.07. The number of hydrogen-bond donors (Lipinski definition) is 1. The van der Waals surface area contributed by atoms with E-state index in [2.05, 4.69) is 35.3 Å². The molecule has 1 aliphatic heterocycles. The zero-order valence-electron chi connectivity index (χ0n) is 21.0. The molecular formula is C31H25N3O3S. The molecule has 0 bridgehead atoms. The topological polar surface area (TPSA) is 68.6 Å². The minimum absolute atomic E-state index is 0.0378. The first-order valence-electron chi connectivity index (χ1n) is 12.6. The predicted molar refractivity (Wildman–Crippen MR) is 151 cm³/mol. The van der Waals surface area contributed by atoms with Crippen molar-refractivity contribution in [3.05, 3.63) is 120 Å². The van der Waals surface area contributed by atoms with E-state index in [1.165, 1.54) is 16.9 Å². The summed E-state index contributed by atoms with van der Waals surface area (Å²) in [6.45, 7) is 0. The number of rotatable bonds is 4. The van der Waals surface area contributed by atoms with E-state index in [1.54, 1.807) is 14.2 Å². The molecule has 0 fully saturated rings. The number of aromatic nitrogens is 2. The van der Waals surface area contributed by atoms with Crippen LogP contribution < -0.4 is 24.4 Å². The Bertz CT molecular complexity index is 1940. The third kappa shape index (κ3) is 3.46. The van der Waals surface area contributed by atoms with Crippen LogP contribution in [-0.2, 0) is 6.42 Å². The van der Waals surface area contributed by atoms with Crippen LogP contribution in [0.3, 0.4) is 0 Å². The van der Waals surface area contributed by atoms with Crippen LogP contribution in [-0.4, -0.2) is 23.8 Å². The Morgan fingerprint density at radius 1 is 1.00 bits per heavy atom. The van der Waals surface area contributed by atoms with Crippen LogP contribution in [0.15, 0.2) is 88.3 Å². The highest BCUT2D eigenvalue weighted by atomic mass is 32.1. The van der Waals surface area contributed by atoms with Crippen molar-refractivity contribution in [2.24, 2.45) is 4.99 Å². The van der Waals surface area contributed by atoms with Gasteiger partial charge in [0.15, 0.2) is 16.3 Å². The minimum atomic E-state index is -0.278. The number of para-hydroxylation sites is 1. The van der Waals surface area contributed by atoms with Crippen LogP contribution in [0.1, 0.15) is 34.7 Å². The van der Waals surface area contributed by atoms with Gasteiger partial charge in [0.2, 0.25) is 0 Å². The lowest BCUT2D eigenvalue weighted by Gasteiger charge is -2.31. The normalized spacial score (nSPS) is 16.6. The number of aryl methyl sites for hydroxylation is 1. The molecule has 0 saturated carbocycles. The molecule has 3 heterocycles. The second-order valence-electron chi connectivity index (χ2n) is 9.52. The molecule has 188 valence electrons. The Balaban J connectivity index is 1.49. The molecule has 2 aliphatic rings. The molecule has 0 spiro atoms. The molecule has 0 amide bonds. The van der Waals surface area contributed by atoms with Crippen molar-refractivity contribution in [2.75, 3.05) is 14.2 Å². The van der Waals surface area contributed by atoms with E-state index in [-0.39, 0.29) is 11.6 Å². The van der Waals surface area contributed by atoms with Crippen molar-refractivity contribution in [2.45, 2.75) is 18.9 Å². The molecule has 0 unspecified atom stereocenters. The Labute approximate surface area is 222 Å². The number of fused-ring (bicyclic) bond motifs is 4. The fraction of sp³-hybridized carbons (Fsp3) is 0.161. The van der Waals surface area contributed by atoms with E-state index in [0.29, 0.717) is 20.8 Å². The molecule has 6 nitrogen and oxygen atoms in total. The summed E-state index contributed by atoms with van der Waals surface area (Å²) in [6.07, 6.45) is 5.68. The third-order valence-corrected chi connectivity index (χ3v) is 8.49. The fourth-order valence-electron chi connectivity index (χ4n) is 5.70. The number of aromatic amines is 1.